The molecule has 0 radical (unpaired) electrons. The summed E-state index contributed by atoms with van der Waals surface area (Å²) in [6, 6.07) is 13.5. The summed E-state index contributed by atoms with van der Waals surface area (Å²) in [6.07, 6.45) is 3.42. The number of ether oxygens (including phenoxy) is 2. The lowest BCUT2D eigenvalue weighted by Crippen LogP contribution is -2.29. The molecule has 0 aromatic heterocycles. The predicted octanol–water partition coefficient (Wildman–Crippen LogP) is 3.48. The van der Waals surface area contributed by atoms with Gasteiger partial charge in [0.05, 0.1) is 17.0 Å². The summed E-state index contributed by atoms with van der Waals surface area (Å²) in [5.74, 6) is 0.597. The highest BCUT2D eigenvalue weighted by Gasteiger charge is 2.20. The maximum Gasteiger partial charge on any atom is 0.254 e. The van der Waals surface area contributed by atoms with Crippen LogP contribution in [0.2, 0.25) is 0 Å². The van der Waals surface area contributed by atoms with Crippen molar-refractivity contribution >= 4 is 15.7 Å². The van der Waals surface area contributed by atoms with E-state index in [0.29, 0.717) is 17.9 Å². The Hall–Kier alpha value is -2.38. The van der Waals surface area contributed by atoms with Gasteiger partial charge >= 0.3 is 0 Å². The molecule has 1 aliphatic rings. The summed E-state index contributed by atoms with van der Waals surface area (Å²) in [5, 5.41) is 0. The number of nitrogens with zero attached hydrogens (tertiary/aromatic N) is 1. The molecule has 1 amide bonds. The van der Waals surface area contributed by atoms with Crippen molar-refractivity contribution in [1.29, 1.82) is 0 Å². The quantitative estimate of drug-likeness (QED) is 0.690. The van der Waals surface area contributed by atoms with E-state index in [4.69, 9.17) is 9.47 Å². The topological polar surface area (TPSA) is 72.9 Å². The number of hydrogen-bond donors (Lipinski definition) is 0. The Kier molecular flexibility index (Phi) is 6.59. The highest BCUT2D eigenvalue weighted by Crippen LogP contribution is 2.23. The van der Waals surface area contributed by atoms with Crippen molar-refractivity contribution in [3.05, 3.63) is 59.7 Å². The van der Waals surface area contributed by atoms with Crippen molar-refractivity contribution in [2.45, 2.75) is 36.8 Å². The first-order valence-corrected chi connectivity index (χ1v) is 11.6. The van der Waals surface area contributed by atoms with Crippen LogP contribution >= 0.6 is 0 Å². The van der Waals surface area contributed by atoms with Gasteiger partial charge in [0.15, 0.2) is 9.84 Å². The molecule has 0 unspecified atom stereocenters. The highest BCUT2D eigenvalue weighted by atomic mass is 32.2. The van der Waals surface area contributed by atoms with Gasteiger partial charge in [-0.1, -0.05) is 12.1 Å². The van der Waals surface area contributed by atoms with Crippen molar-refractivity contribution in [3.8, 4) is 5.75 Å². The van der Waals surface area contributed by atoms with Gasteiger partial charge in [0.25, 0.3) is 5.91 Å². The summed E-state index contributed by atoms with van der Waals surface area (Å²) in [7, 11) is -1.50. The fourth-order valence-corrected chi connectivity index (χ4v) is 3.89. The van der Waals surface area contributed by atoms with Gasteiger partial charge in [0.1, 0.15) is 12.4 Å². The molecule has 1 aliphatic heterocycles. The Morgan fingerprint density at radius 3 is 2.38 bits per heavy atom. The van der Waals surface area contributed by atoms with Crippen LogP contribution in [-0.2, 0) is 14.6 Å². The summed E-state index contributed by atoms with van der Waals surface area (Å²) in [5.41, 5.74) is 1.43. The zero-order valence-electron chi connectivity index (χ0n) is 17.0. The molecule has 0 spiro atoms. The monoisotopic (exact) mass is 417 g/mol. The molecule has 1 fully saturated rings. The molecule has 2 atom stereocenters. The van der Waals surface area contributed by atoms with Crippen molar-refractivity contribution in [3.63, 3.8) is 0 Å². The lowest BCUT2D eigenvalue weighted by atomic mass is 10.1. The molecule has 0 saturated carbocycles. The molecule has 2 aromatic rings. The smallest absolute Gasteiger partial charge is 0.254 e. The van der Waals surface area contributed by atoms with Gasteiger partial charge in [-0.3, -0.25) is 4.79 Å². The van der Waals surface area contributed by atoms with E-state index in [1.165, 1.54) is 6.26 Å². The number of rotatable bonds is 7. The van der Waals surface area contributed by atoms with Crippen LogP contribution in [0.1, 0.15) is 41.7 Å². The molecular weight excluding hydrogens is 390 g/mol. The largest absolute Gasteiger partial charge is 0.491 e. The third-order valence-corrected chi connectivity index (χ3v) is 6.38. The van der Waals surface area contributed by atoms with Crippen LogP contribution in [0.15, 0.2) is 53.4 Å². The molecule has 7 heteroatoms. The number of carbonyl (C=O) groups excluding carboxylic acids is 1. The van der Waals surface area contributed by atoms with Gasteiger partial charge in [-0.05, 0) is 61.7 Å². The summed E-state index contributed by atoms with van der Waals surface area (Å²) in [6.45, 7) is 3.23. The van der Waals surface area contributed by atoms with Crippen LogP contribution < -0.4 is 4.74 Å². The van der Waals surface area contributed by atoms with E-state index >= 15 is 0 Å². The number of carbonyl (C=O) groups is 1. The third-order valence-electron chi connectivity index (χ3n) is 5.25. The van der Waals surface area contributed by atoms with Gasteiger partial charge in [0.2, 0.25) is 0 Å². The zero-order valence-corrected chi connectivity index (χ0v) is 17.8. The Morgan fingerprint density at radius 1 is 1.17 bits per heavy atom. The summed E-state index contributed by atoms with van der Waals surface area (Å²) in [4.78, 5) is 14.7. The molecule has 156 valence electrons. The molecule has 6 nitrogen and oxygen atoms in total. The average molecular weight is 418 g/mol. The van der Waals surface area contributed by atoms with E-state index in [9.17, 15) is 13.2 Å². The lowest BCUT2D eigenvalue weighted by molar-refractivity contribution is 0.0678. The predicted molar refractivity (Wildman–Crippen MR) is 111 cm³/mol. The standard InChI is InChI=1S/C22H27NO5S/c1-16(17-8-12-21(13-9-17)29(3,25)26)23(2)22(24)18-6-10-19(11-7-18)28-15-20-5-4-14-27-20/h6-13,16,20H,4-5,14-15H2,1-3H3/t16-,20-/m0/s1. The normalized spacial score (nSPS) is 17.7. The van der Waals surface area contributed by atoms with E-state index in [-0.39, 0.29) is 22.9 Å². The molecule has 1 heterocycles. The van der Waals surface area contributed by atoms with Crippen LogP contribution in [0, 0.1) is 0 Å². The Balaban J connectivity index is 1.62. The fraction of sp³-hybridized carbons (Fsp3) is 0.409. The zero-order chi connectivity index (χ0) is 21.0. The third kappa shape index (κ3) is 5.36. The summed E-state index contributed by atoms with van der Waals surface area (Å²) >= 11 is 0. The minimum Gasteiger partial charge on any atom is -0.491 e. The van der Waals surface area contributed by atoms with Gasteiger partial charge in [0, 0.05) is 25.5 Å². The van der Waals surface area contributed by atoms with Gasteiger partial charge < -0.3 is 14.4 Å². The molecule has 1 saturated heterocycles. The number of hydrogen-bond acceptors (Lipinski definition) is 5. The maximum atomic E-state index is 12.8. The van der Waals surface area contributed by atoms with E-state index < -0.39 is 9.84 Å². The first kappa shape index (κ1) is 21.3. The first-order valence-electron chi connectivity index (χ1n) is 9.67. The highest BCUT2D eigenvalue weighted by molar-refractivity contribution is 7.90. The number of amides is 1. The lowest BCUT2D eigenvalue weighted by Gasteiger charge is -2.25. The molecule has 3 rings (SSSR count). The average Bonchev–Trinajstić information content (AvgIpc) is 3.24. The summed E-state index contributed by atoms with van der Waals surface area (Å²) < 4.78 is 34.5. The number of sulfone groups is 1. The van der Waals surface area contributed by atoms with Crippen LogP contribution in [0.3, 0.4) is 0 Å². The maximum absolute atomic E-state index is 12.8. The van der Waals surface area contributed by atoms with E-state index in [1.54, 1.807) is 60.5 Å². The van der Waals surface area contributed by atoms with Crippen molar-refractivity contribution in [2.24, 2.45) is 0 Å². The van der Waals surface area contributed by atoms with Crippen LogP contribution in [0.25, 0.3) is 0 Å². The Morgan fingerprint density at radius 2 is 1.83 bits per heavy atom. The van der Waals surface area contributed by atoms with Crippen LogP contribution in [0.5, 0.6) is 5.75 Å². The molecule has 0 bridgehead atoms. The molecule has 29 heavy (non-hydrogen) atoms. The first-order chi connectivity index (χ1) is 13.8. The second kappa shape index (κ2) is 8.97. The van der Waals surface area contributed by atoms with Gasteiger partial charge in [-0.15, -0.1) is 0 Å². The second-order valence-electron chi connectivity index (χ2n) is 7.40. The van der Waals surface area contributed by atoms with Crippen LogP contribution in [-0.4, -0.2) is 51.8 Å². The van der Waals surface area contributed by atoms with Gasteiger partial charge in [-0.25, -0.2) is 8.42 Å². The van der Waals surface area contributed by atoms with E-state index in [2.05, 4.69) is 0 Å². The van der Waals surface area contributed by atoms with Gasteiger partial charge in [-0.2, -0.15) is 0 Å². The Bertz CT molecular complexity index is 932. The number of benzene rings is 2. The minimum atomic E-state index is -3.24. The van der Waals surface area contributed by atoms with Crippen molar-refractivity contribution < 1.29 is 22.7 Å². The SMILES string of the molecule is C[C@@H](c1ccc(S(C)(=O)=O)cc1)N(C)C(=O)c1ccc(OC[C@@H]2CCCO2)cc1. The Labute approximate surface area is 172 Å². The van der Waals surface area contributed by atoms with Crippen LogP contribution in [0.4, 0.5) is 0 Å². The van der Waals surface area contributed by atoms with E-state index in [1.807, 2.05) is 6.92 Å². The van der Waals surface area contributed by atoms with Crippen molar-refractivity contribution in [1.82, 2.24) is 4.90 Å². The molecule has 2 aromatic carbocycles. The molecule has 0 aliphatic carbocycles. The van der Waals surface area contributed by atoms with Crippen molar-refractivity contribution in [2.75, 3.05) is 26.5 Å². The fourth-order valence-electron chi connectivity index (χ4n) is 3.26. The molecule has 0 N–H and O–H groups in total. The minimum absolute atomic E-state index is 0.115. The second-order valence-corrected chi connectivity index (χ2v) is 9.42. The van der Waals surface area contributed by atoms with E-state index in [0.717, 1.165) is 25.0 Å². The molecular formula is C22H27NO5S.